The van der Waals surface area contributed by atoms with Crippen molar-refractivity contribution in [3.63, 3.8) is 0 Å². The van der Waals surface area contributed by atoms with Crippen molar-refractivity contribution in [2.24, 2.45) is 5.73 Å². The van der Waals surface area contributed by atoms with Crippen molar-refractivity contribution < 1.29 is 9.21 Å². The molecular weight excluding hydrogens is 328 g/mol. The molecule has 98 valence electrons. The smallest absolute Gasteiger partial charge is 0.291 e. The van der Waals surface area contributed by atoms with E-state index >= 15 is 0 Å². The van der Waals surface area contributed by atoms with Gasteiger partial charge in [0.15, 0.2) is 5.76 Å². The minimum Gasteiger partial charge on any atom is -0.456 e. The van der Waals surface area contributed by atoms with Crippen LogP contribution in [0.4, 0.5) is 5.69 Å². The first-order valence-corrected chi connectivity index (χ1v) is 6.64. The second kappa shape index (κ2) is 5.54. The molecule has 0 radical (unpaired) electrons. The van der Waals surface area contributed by atoms with Crippen LogP contribution < -0.4 is 11.1 Å². The summed E-state index contributed by atoms with van der Waals surface area (Å²) in [7, 11) is 0. The van der Waals surface area contributed by atoms with Crippen LogP contribution in [0.1, 0.15) is 21.9 Å². The molecule has 0 aliphatic carbocycles. The van der Waals surface area contributed by atoms with Gasteiger partial charge in [0.1, 0.15) is 10.7 Å². The Bertz CT molecular complexity index is 652. The van der Waals surface area contributed by atoms with Gasteiger partial charge in [0.25, 0.3) is 5.91 Å². The summed E-state index contributed by atoms with van der Waals surface area (Å²) in [5, 5.41) is 2.73. The molecule has 0 aliphatic heterocycles. The van der Waals surface area contributed by atoms with Crippen LogP contribution in [-0.4, -0.2) is 10.9 Å². The van der Waals surface area contributed by atoms with Crippen LogP contribution in [0.2, 0.25) is 0 Å². The van der Waals surface area contributed by atoms with Gasteiger partial charge in [0.2, 0.25) is 0 Å². The van der Waals surface area contributed by atoms with E-state index in [4.69, 9.17) is 22.4 Å². The molecule has 3 N–H and O–H groups in total. The van der Waals surface area contributed by atoms with E-state index in [0.29, 0.717) is 17.0 Å². The van der Waals surface area contributed by atoms with Crippen molar-refractivity contribution in [3.05, 3.63) is 51.9 Å². The minimum atomic E-state index is -0.344. The highest BCUT2D eigenvalue weighted by Gasteiger charge is 2.13. The van der Waals surface area contributed by atoms with Crippen molar-refractivity contribution in [2.45, 2.75) is 6.92 Å². The Morgan fingerprint density at radius 2 is 2.11 bits per heavy atom. The van der Waals surface area contributed by atoms with E-state index in [9.17, 15) is 4.79 Å². The fourth-order valence-electron chi connectivity index (χ4n) is 1.58. The van der Waals surface area contributed by atoms with Gasteiger partial charge in [-0.3, -0.25) is 4.79 Å². The summed E-state index contributed by atoms with van der Waals surface area (Å²) in [5.41, 5.74) is 6.77. The Hall–Kier alpha value is -1.66. The van der Waals surface area contributed by atoms with E-state index in [1.165, 1.54) is 0 Å². The van der Waals surface area contributed by atoms with E-state index in [1.54, 1.807) is 37.3 Å². The molecule has 0 saturated heterocycles. The predicted molar refractivity (Wildman–Crippen MR) is 81.4 cm³/mol. The number of nitrogens with two attached hydrogens (primary N) is 1. The van der Waals surface area contributed by atoms with E-state index in [-0.39, 0.29) is 16.7 Å². The number of thiocarbonyl (C=S) groups is 1. The first kappa shape index (κ1) is 13.8. The zero-order valence-electron chi connectivity index (χ0n) is 10.1. The predicted octanol–water partition coefficient (Wildman–Crippen LogP) is 3.24. The van der Waals surface area contributed by atoms with Crippen LogP contribution in [0.5, 0.6) is 0 Å². The average Bonchev–Trinajstić information content (AvgIpc) is 2.75. The fraction of sp³-hybridized carbons (Fsp3) is 0.0769. The summed E-state index contributed by atoms with van der Waals surface area (Å²) in [6, 6.07) is 8.63. The summed E-state index contributed by atoms with van der Waals surface area (Å²) >= 11 is 8.29. The fourth-order valence-corrected chi connectivity index (χ4v) is 2.11. The Morgan fingerprint density at radius 1 is 1.37 bits per heavy atom. The summed E-state index contributed by atoms with van der Waals surface area (Å²) in [6.07, 6.45) is 0. The molecule has 4 nitrogen and oxygen atoms in total. The van der Waals surface area contributed by atoms with E-state index in [2.05, 4.69) is 21.2 Å². The number of rotatable bonds is 3. The van der Waals surface area contributed by atoms with Gasteiger partial charge in [-0.25, -0.2) is 0 Å². The molecule has 0 fully saturated rings. The molecule has 1 aromatic carbocycles. The third kappa shape index (κ3) is 3.21. The lowest BCUT2D eigenvalue weighted by Gasteiger charge is -2.09. The van der Waals surface area contributed by atoms with Gasteiger partial charge in [-0.05, 0) is 37.3 Å². The molecule has 0 atom stereocenters. The monoisotopic (exact) mass is 338 g/mol. The molecule has 1 aromatic heterocycles. The summed E-state index contributed by atoms with van der Waals surface area (Å²) in [6.45, 7) is 1.77. The summed E-state index contributed by atoms with van der Waals surface area (Å²) < 4.78 is 6.08. The largest absolute Gasteiger partial charge is 0.456 e. The number of nitrogens with one attached hydrogen (secondary N) is 1. The zero-order valence-corrected chi connectivity index (χ0v) is 12.5. The third-order valence-electron chi connectivity index (χ3n) is 2.46. The quantitative estimate of drug-likeness (QED) is 0.843. The first-order chi connectivity index (χ1) is 8.97. The van der Waals surface area contributed by atoms with Crippen LogP contribution in [0.3, 0.4) is 0 Å². The van der Waals surface area contributed by atoms with Gasteiger partial charge in [-0.15, -0.1) is 0 Å². The first-order valence-electron chi connectivity index (χ1n) is 5.44. The van der Waals surface area contributed by atoms with Gasteiger partial charge < -0.3 is 15.5 Å². The molecule has 0 spiro atoms. The normalized spacial score (nSPS) is 10.2. The molecule has 0 bridgehead atoms. The van der Waals surface area contributed by atoms with Gasteiger partial charge in [-0.2, -0.15) is 0 Å². The topological polar surface area (TPSA) is 68.3 Å². The molecule has 6 heteroatoms. The lowest BCUT2D eigenvalue weighted by Crippen LogP contribution is -2.17. The highest BCUT2D eigenvalue weighted by atomic mass is 79.9. The standard InChI is InChI=1S/C13H11BrN2O2S/c1-7-2-5-11(18-7)13(17)16-10-6-8(14)3-4-9(10)12(15)19/h2-6H,1H3,(H2,15,19)(H,16,17). The minimum absolute atomic E-state index is 0.221. The molecule has 2 aromatic rings. The third-order valence-corrected chi connectivity index (χ3v) is 3.17. The maximum absolute atomic E-state index is 12.0. The second-order valence-electron chi connectivity index (χ2n) is 3.92. The Balaban J connectivity index is 2.30. The number of furan rings is 1. The maximum Gasteiger partial charge on any atom is 0.291 e. The summed E-state index contributed by atoms with van der Waals surface area (Å²) in [4.78, 5) is 12.2. The highest BCUT2D eigenvalue weighted by Crippen LogP contribution is 2.22. The second-order valence-corrected chi connectivity index (χ2v) is 5.27. The van der Waals surface area contributed by atoms with Crippen LogP contribution in [0, 0.1) is 6.92 Å². The number of carbonyl (C=O) groups is 1. The number of anilines is 1. The number of carbonyl (C=O) groups excluding carboxylic acids is 1. The molecule has 2 rings (SSSR count). The van der Waals surface area contributed by atoms with Gasteiger partial charge >= 0.3 is 0 Å². The van der Waals surface area contributed by atoms with Crippen molar-refractivity contribution in [1.82, 2.24) is 0 Å². The molecule has 0 unspecified atom stereocenters. The van der Waals surface area contributed by atoms with Crippen molar-refractivity contribution >= 4 is 44.7 Å². The average molecular weight is 339 g/mol. The Kier molecular flexibility index (Phi) is 4.01. The number of halogens is 1. The number of amides is 1. The molecular formula is C13H11BrN2O2S. The SMILES string of the molecule is Cc1ccc(C(=O)Nc2cc(Br)ccc2C(N)=S)o1. The molecule has 19 heavy (non-hydrogen) atoms. The zero-order chi connectivity index (χ0) is 14.0. The van der Waals surface area contributed by atoms with Crippen molar-refractivity contribution in [3.8, 4) is 0 Å². The Morgan fingerprint density at radius 3 is 2.68 bits per heavy atom. The van der Waals surface area contributed by atoms with Gasteiger partial charge in [0, 0.05) is 10.0 Å². The Labute approximate surface area is 124 Å². The van der Waals surface area contributed by atoms with E-state index in [0.717, 1.165) is 4.47 Å². The van der Waals surface area contributed by atoms with Gasteiger partial charge in [0.05, 0.1) is 5.69 Å². The molecule has 1 amide bonds. The van der Waals surface area contributed by atoms with E-state index < -0.39 is 0 Å². The van der Waals surface area contributed by atoms with Gasteiger partial charge in [-0.1, -0.05) is 28.1 Å². The van der Waals surface area contributed by atoms with Crippen LogP contribution in [0.25, 0.3) is 0 Å². The van der Waals surface area contributed by atoms with Crippen molar-refractivity contribution in [2.75, 3.05) is 5.32 Å². The van der Waals surface area contributed by atoms with Crippen LogP contribution in [-0.2, 0) is 0 Å². The number of benzene rings is 1. The number of hydrogen-bond donors (Lipinski definition) is 2. The van der Waals surface area contributed by atoms with Crippen LogP contribution >= 0.6 is 28.1 Å². The van der Waals surface area contributed by atoms with Crippen LogP contribution in [0.15, 0.2) is 39.2 Å². The number of hydrogen-bond acceptors (Lipinski definition) is 3. The van der Waals surface area contributed by atoms with E-state index in [1.807, 2.05) is 0 Å². The highest BCUT2D eigenvalue weighted by molar-refractivity contribution is 9.10. The maximum atomic E-state index is 12.0. The molecule has 1 heterocycles. The summed E-state index contributed by atoms with van der Waals surface area (Å²) in [5.74, 6) is 0.573. The molecule has 0 aliphatic rings. The lowest BCUT2D eigenvalue weighted by molar-refractivity contribution is 0.0995. The van der Waals surface area contributed by atoms with Crippen molar-refractivity contribution in [1.29, 1.82) is 0 Å². The lowest BCUT2D eigenvalue weighted by atomic mass is 10.1. The molecule has 0 saturated carbocycles. The number of aryl methyl sites for hydroxylation is 1.